The SMILES string of the molecule is CN1C(=O)C(C)(C)c2cc(S(=O)(=O)N3CCC[C@H](C(=O)NC4CCCCCCC4)C3)ccc21. The number of rotatable bonds is 4. The number of carbonyl (C=O) groups is 2. The third-order valence-electron chi connectivity index (χ3n) is 7.69. The van der Waals surface area contributed by atoms with Crippen LogP contribution < -0.4 is 10.2 Å². The molecule has 1 aromatic rings. The molecule has 0 spiro atoms. The summed E-state index contributed by atoms with van der Waals surface area (Å²) in [5.74, 6) is -0.378. The molecule has 7 nitrogen and oxygen atoms in total. The number of benzene rings is 1. The minimum absolute atomic E-state index is 0.0113. The van der Waals surface area contributed by atoms with E-state index in [4.69, 9.17) is 0 Å². The largest absolute Gasteiger partial charge is 0.353 e. The summed E-state index contributed by atoms with van der Waals surface area (Å²) in [6, 6.07) is 5.15. The van der Waals surface area contributed by atoms with E-state index in [2.05, 4.69) is 5.32 Å². The fraction of sp³-hybridized carbons (Fsp3) is 0.680. The van der Waals surface area contributed by atoms with Crippen molar-refractivity contribution < 1.29 is 18.0 Å². The van der Waals surface area contributed by atoms with Gasteiger partial charge in [0.05, 0.1) is 16.2 Å². The summed E-state index contributed by atoms with van der Waals surface area (Å²) in [4.78, 5) is 27.4. The van der Waals surface area contributed by atoms with E-state index in [1.54, 1.807) is 30.1 Å². The molecule has 2 heterocycles. The molecular weight excluding hydrogens is 438 g/mol. The summed E-state index contributed by atoms with van der Waals surface area (Å²) in [6.07, 6.45) is 9.41. The molecule has 1 aromatic carbocycles. The fourth-order valence-corrected chi connectivity index (χ4v) is 7.11. The zero-order chi connectivity index (χ0) is 23.8. The Bertz CT molecular complexity index is 1010. The Kier molecular flexibility index (Phi) is 6.87. The maximum Gasteiger partial charge on any atom is 0.243 e. The number of nitrogens with one attached hydrogen (secondary N) is 1. The molecule has 1 saturated carbocycles. The predicted octanol–water partition coefficient (Wildman–Crippen LogP) is 3.57. The molecule has 8 heteroatoms. The highest BCUT2D eigenvalue weighted by Gasteiger charge is 2.43. The van der Waals surface area contributed by atoms with E-state index < -0.39 is 15.4 Å². The van der Waals surface area contributed by atoms with Gasteiger partial charge in [-0.25, -0.2) is 8.42 Å². The summed E-state index contributed by atoms with van der Waals surface area (Å²) in [6.45, 7) is 4.27. The van der Waals surface area contributed by atoms with Gasteiger partial charge in [0.1, 0.15) is 0 Å². The van der Waals surface area contributed by atoms with Gasteiger partial charge >= 0.3 is 0 Å². The number of hydrogen-bond acceptors (Lipinski definition) is 4. The van der Waals surface area contributed by atoms with Gasteiger partial charge in [0, 0.05) is 31.9 Å². The Labute approximate surface area is 198 Å². The van der Waals surface area contributed by atoms with E-state index in [9.17, 15) is 18.0 Å². The van der Waals surface area contributed by atoms with Crippen LogP contribution in [0.5, 0.6) is 0 Å². The lowest BCUT2D eigenvalue weighted by atomic mass is 9.86. The Morgan fingerprint density at radius 1 is 1.03 bits per heavy atom. The van der Waals surface area contributed by atoms with Gasteiger partial charge in [0.15, 0.2) is 0 Å². The van der Waals surface area contributed by atoms with Crippen LogP contribution in [0.25, 0.3) is 0 Å². The number of nitrogens with zero attached hydrogens (tertiary/aromatic N) is 2. The van der Waals surface area contributed by atoms with E-state index in [0.29, 0.717) is 19.4 Å². The molecule has 0 unspecified atom stereocenters. The molecule has 2 aliphatic heterocycles. The van der Waals surface area contributed by atoms with Crippen LogP contribution in [-0.4, -0.2) is 50.7 Å². The van der Waals surface area contributed by atoms with Crippen molar-refractivity contribution in [2.45, 2.75) is 88.0 Å². The highest BCUT2D eigenvalue weighted by Crippen LogP contribution is 2.42. The molecule has 33 heavy (non-hydrogen) atoms. The van der Waals surface area contributed by atoms with Gasteiger partial charge in [-0.2, -0.15) is 4.31 Å². The summed E-state index contributed by atoms with van der Waals surface area (Å²) in [5.41, 5.74) is 0.711. The molecule has 1 N–H and O–H groups in total. The van der Waals surface area contributed by atoms with Crippen LogP contribution >= 0.6 is 0 Å². The average Bonchev–Trinajstić information content (AvgIpc) is 2.95. The van der Waals surface area contributed by atoms with Gasteiger partial charge < -0.3 is 10.2 Å². The van der Waals surface area contributed by atoms with Crippen LogP contribution in [0, 0.1) is 5.92 Å². The van der Waals surface area contributed by atoms with E-state index in [0.717, 1.165) is 36.9 Å². The number of anilines is 1. The van der Waals surface area contributed by atoms with Crippen LogP contribution in [0.2, 0.25) is 0 Å². The zero-order valence-corrected chi connectivity index (χ0v) is 20.9. The second kappa shape index (κ2) is 9.37. The van der Waals surface area contributed by atoms with E-state index in [1.807, 2.05) is 13.8 Å². The number of carbonyl (C=O) groups excluding carboxylic acids is 2. The molecular formula is C25H37N3O4S. The zero-order valence-electron chi connectivity index (χ0n) is 20.1. The van der Waals surface area contributed by atoms with E-state index in [-0.39, 0.29) is 35.2 Å². The highest BCUT2D eigenvalue weighted by atomic mass is 32.2. The van der Waals surface area contributed by atoms with Gasteiger partial charge in [0.2, 0.25) is 21.8 Å². The van der Waals surface area contributed by atoms with Crippen LogP contribution in [0.3, 0.4) is 0 Å². The fourth-order valence-electron chi connectivity index (χ4n) is 5.56. The van der Waals surface area contributed by atoms with Crippen molar-refractivity contribution in [3.63, 3.8) is 0 Å². The Morgan fingerprint density at radius 2 is 1.70 bits per heavy atom. The smallest absolute Gasteiger partial charge is 0.243 e. The number of fused-ring (bicyclic) bond motifs is 1. The maximum atomic E-state index is 13.5. The number of piperidine rings is 1. The second-order valence-electron chi connectivity index (χ2n) is 10.4. The normalized spacial score (nSPS) is 24.8. The van der Waals surface area contributed by atoms with Crippen molar-refractivity contribution in [1.29, 1.82) is 0 Å². The molecule has 0 radical (unpaired) electrons. The van der Waals surface area contributed by atoms with Crippen molar-refractivity contribution >= 4 is 27.5 Å². The Morgan fingerprint density at radius 3 is 2.39 bits per heavy atom. The van der Waals surface area contributed by atoms with E-state index in [1.165, 1.54) is 23.6 Å². The minimum Gasteiger partial charge on any atom is -0.353 e. The third-order valence-corrected chi connectivity index (χ3v) is 9.55. The predicted molar refractivity (Wildman–Crippen MR) is 129 cm³/mol. The number of amides is 2. The van der Waals surface area contributed by atoms with Gasteiger partial charge in [0.25, 0.3) is 0 Å². The first-order valence-electron chi connectivity index (χ1n) is 12.4. The van der Waals surface area contributed by atoms with Crippen LogP contribution in [0.15, 0.2) is 23.1 Å². The molecule has 4 rings (SSSR count). The maximum absolute atomic E-state index is 13.5. The molecule has 1 aliphatic carbocycles. The molecule has 0 bridgehead atoms. The van der Waals surface area contributed by atoms with Crippen molar-refractivity contribution in [3.8, 4) is 0 Å². The first-order chi connectivity index (χ1) is 15.6. The van der Waals surface area contributed by atoms with Crippen LogP contribution in [-0.2, 0) is 25.0 Å². The topological polar surface area (TPSA) is 86.8 Å². The van der Waals surface area contributed by atoms with Crippen molar-refractivity contribution in [2.24, 2.45) is 5.92 Å². The second-order valence-corrected chi connectivity index (χ2v) is 12.4. The lowest BCUT2D eigenvalue weighted by Crippen LogP contribution is -2.47. The van der Waals surface area contributed by atoms with E-state index >= 15 is 0 Å². The molecule has 3 aliphatic rings. The summed E-state index contributed by atoms with van der Waals surface area (Å²) in [5, 5.41) is 3.22. The van der Waals surface area contributed by atoms with Crippen LogP contribution in [0.4, 0.5) is 5.69 Å². The summed E-state index contributed by atoms with van der Waals surface area (Å²) >= 11 is 0. The lowest BCUT2D eigenvalue weighted by molar-refractivity contribution is -0.127. The first kappa shape index (κ1) is 24.2. The van der Waals surface area contributed by atoms with Crippen molar-refractivity contribution in [1.82, 2.24) is 9.62 Å². The summed E-state index contributed by atoms with van der Waals surface area (Å²) in [7, 11) is -2.04. The van der Waals surface area contributed by atoms with Crippen LogP contribution in [0.1, 0.15) is 77.2 Å². The molecule has 2 amide bonds. The number of hydrogen-bond donors (Lipinski definition) is 1. The monoisotopic (exact) mass is 475 g/mol. The lowest BCUT2D eigenvalue weighted by Gasteiger charge is -2.32. The summed E-state index contributed by atoms with van der Waals surface area (Å²) < 4.78 is 28.4. The molecule has 1 saturated heterocycles. The Hall–Kier alpha value is -1.93. The average molecular weight is 476 g/mol. The molecule has 0 aromatic heterocycles. The molecule has 182 valence electrons. The van der Waals surface area contributed by atoms with Gasteiger partial charge in [-0.05, 0) is 63.3 Å². The third kappa shape index (κ3) is 4.69. The van der Waals surface area contributed by atoms with Crippen molar-refractivity contribution in [3.05, 3.63) is 23.8 Å². The molecule has 2 fully saturated rings. The minimum atomic E-state index is -3.76. The van der Waals surface area contributed by atoms with Gasteiger partial charge in [-0.3, -0.25) is 9.59 Å². The number of sulfonamides is 1. The van der Waals surface area contributed by atoms with Gasteiger partial charge in [-0.15, -0.1) is 0 Å². The first-order valence-corrected chi connectivity index (χ1v) is 13.8. The molecule has 1 atom stereocenters. The Balaban J connectivity index is 1.48. The van der Waals surface area contributed by atoms with Gasteiger partial charge in [-0.1, -0.05) is 32.1 Å². The van der Waals surface area contributed by atoms with Crippen molar-refractivity contribution in [2.75, 3.05) is 25.0 Å². The quantitative estimate of drug-likeness (QED) is 0.721. The highest BCUT2D eigenvalue weighted by molar-refractivity contribution is 7.89. The standard InChI is InChI=1S/C25H37N3O4S/c1-25(2)21-16-20(13-14-22(21)27(3)24(25)30)33(31,32)28-15-9-10-18(17-28)23(29)26-19-11-7-5-4-6-8-12-19/h13-14,16,18-19H,4-12,15,17H2,1-3H3,(H,26,29)/t18-/m0/s1. The number of likely N-dealkylation sites (N-methyl/N-ethyl adjacent to an activating group) is 1.